The molecule has 0 atom stereocenters. The number of rotatable bonds is 6. The molecule has 0 aromatic carbocycles. The van der Waals surface area contributed by atoms with E-state index in [1.807, 2.05) is 0 Å². The van der Waals surface area contributed by atoms with Crippen LogP contribution in [0.5, 0.6) is 0 Å². The number of carbonyl (C=O) groups is 1. The molecule has 0 bridgehead atoms. The number of aromatic nitrogens is 1. The summed E-state index contributed by atoms with van der Waals surface area (Å²) in [7, 11) is 0. The zero-order valence-electron chi connectivity index (χ0n) is 11.1. The van der Waals surface area contributed by atoms with Gasteiger partial charge < -0.3 is 10.4 Å². The monoisotopic (exact) mass is 320 g/mol. The summed E-state index contributed by atoms with van der Waals surface area (Å²) in [6.07, 6.45) is -1.85. The first-order valence-corrected chi connectivity index (χ1v) is 7.37. The van der Waals surface area contributed by atoms with Gasteiger partial charge in [-0.3, -0.25) is 4.79 Å². The highest BCUT2D eigenvalue weighted by Crippen LogP contribution is 2.44. The van der Waals surface area contributed by atoms with Crippen LogP contribution in [-0.4, -0.2) is 34.9 Å². The molecule has 0 saturated heterocycles. The van der Waals surface area contributed by atoms with Crippen LogP contribution in [0.3, 0.4) is 0 Å². The van der Waals surface area contributed by atoms with E-state index in [2.05, 4.69) is 10.3 Å². The maximum absolute atomic E-state index is 12.4. The Kier molecular flexibility index (Phi) is 4.77. The molecule has 21 heavy (non-hydrogen) atoms. The number of aliphatic hydroxyl groups excluding tert-OH is 1. The first-order valence-electron chi connectivity index (χ1n) is 6.38. The highest BCUT2D eigenvalue weighted by atomic mass is 32.2. The number of halogens is 3. The normalized spacial score (nSPS) is 16.6. The zero-order valence-corrected chi connectivity index (χ0v) is 11.9. The van der Waals surface area contributed by atoms with Gasteiger partial charge >= 0.3 is 6.18 Å². The Morgan fingerprint density at radius 1 is 1.43 bits per heavy atom. The Balaban J connectivity index is 1.76. The Morgan fingerprint density at radius 2 is 2.14 bits per heavy atom. The predicted octanol–water partition coefficient (Wildman–Crippen LogP) is 2.08. The predicted molar refractivity (Wildman–Crippen MR) is 71.7 cm³/mol. The Bertz CT molecular complexity index is 501. The van der Waals surface area contributed by atoms with Crippen LogP contribution in [0, 0.1) is 5.41 Å². The van der Waals surface area contributed by atoms with E-state index in [1.165, 1.54) is 6.07 Å². The van der Waals surface area contributed by atoms with E-state index in [1.54, 1.807) is 0 Å². The van der Waals surface area contributed by atoms with Crippen LogP contribution < -0.4 is 5.32 Å². The largest absolute Gasteiger partial charge is 0.417 e. The minimum Gasteiger partial charge on any atom is -0.396 e. The lowest BCUT2D eigenvalue weighted by Gasteiger charge is -2.12. The Morgan fingerprint density at radius 3 is 2.62 bits per heavy atom. The average molecular weight is 320 g/mol. The van der Waals surface area contributed by atoms with Crippen molar-refractivity contribution in [2.75, 3.05) is 18.9 Å². The first-order chi connectivity index (χ1) is 9.85. The third-order valence-electron chi connectivity index (χ3n) is 3.37. The highest BCUT2D eigenvalue weighted by molar-refractivity contribution is 7.99. The van der Waals surface area contributed by atoms with Gasteiger partial charge in [0.15, 0.2) is 0 Å². The molecule has 0 radical (unpaired) electrons. The van der Waals surface area contributed by atoms with Crippen molar-refractivity contribution < 1.29 is 23.1 Å². The topological polar surface area (TPSA) is 62.2 Å². The molecule has 4 nitrogen and oxygen atoms in total. The molecule has 0 aliphatic heterocycles. The number of amides is 1. The Labute approximate surface area is 124 Å². The van der Waals surface area contributed by atoms with Gasteiger partial charge in [0.05, 0.1) is 22.9 Å². The minimum absolute atomic E-state index is 0.0564. The molecule has 1 amide bonds. The number of pyridine rings is 1. The number of carbonyl (C=O) groups excluding carboxylic acids is 1. The summed E-state index contributed by atoms with van der Waals surface area (Å²) in [6.45, 7) is 0.490. The van der Waals surface area contributed by atoms with Crippen LogP contribution >= 0.6 is 11.8 Å². The highest BCUT2D eigenvalue weighted by Gasteiger charge is 2.42. The minimum atomic E-state index is -4.41. The van der Waals surface area contributed by atoms with Crippen molar-refractivity contribution >= 4 is 17.7 Å². The van der Waals surface area contributed by atoms with E-state index in [-0.39, 0.29) is 23.7 Å². The number of aliphatic hydroxyl groups is 1. The maximum Gasteiger partial charge on any atom is 0.417 e. The molecular formula is C13H15F3N2O2S. The van der Waals surface area contributed by atoms with Gasteiger partial charge in [0.1, 0.15) is 0 Å². The average Bonchev–Trinajstić information content (AvgIpc) is 3.23. The summed E-state index contributed by atoms with van der Waals surface area (Å²) in [5, 5.41) is 12.2. The lowest BCUT2D eigenvalue weighted by Crippen LogP contribution is -2.32. The second-order valence-corrected chi connectivity index (χ2v) is 6.10. The molecular weight excluding hydrogens is 305 g/mol. The van der Waals surface area contributed by atoms with E-state index >= 15 is 0 Å². The van der Waals surface area contributed by atoms with E-state index in [0.717, 1.165) is 36.9 Å². The first kappa shape index (κ1) is 16.1. The standard InChI is InChI=1S/C13H15F3N2O2S/c14-13(15,16)9-1-2-11(17-5-9)21-6-10(20)18-7-12(8-19)3-4-12/h1-2,5,19H,3-4,6-8H2,(H,18,20). The van der Waals surface area contributed by atoms with Crippen LogP contribution in [0.2, 0.25) is 0 Å². The summed E-state index contributed by atoms with van der Waals surface area (Å²) < 4.78 is 37.1. The van der Waals surface area contributed by atoms with Crippen LogP contribution in [0.25, 0.3) is 0 Å². The maximum atomic E-state index is 12.4. The van der Waals surface area contributed by atoms with E-state index in [0.29, 0.717) is 11.6 Å². The van der Waals surface area contributed by atoms with Crippen LogP contribution in [0.4, 0.5) is 13.2 Å². The fourth-order valence-corrected chi connectivity index (χ4v) is 2.35. The van der Waals surface area contributed by atoms with E-state index in [4.69, 9.17) is 5.11 Å². The summed E-state index contributed by atoms with van der Waals surface area (Å²) in [5.41, 5.74) is -0.970. The number of nitrogens with one attached hydrogen (secondary N) is 1. The summed E-state index contributed by atoms with van der Waals surface area (Å²) in [6, 6.07) is 2.19. The van der Waals surface area contributed by atoms with E-state index in [9.17, 15) is 18.0 Å². The van der Waals surface area contributed by atoms with Gasteiger partial charge in [-0.25, -0.2) is 4.98 Å². The molecule has 2 rings (SSSR count). The van der Waals surface area contributed by atoms with Crippen molar-refractivity contribution in [3.05, 3.63) is 23.9 Å². The molecule has 1 heterocycles. The fourth-order valence-electron chi connectivity index (χ4n) is 1.68. The Hall–Kier alpha value is -1.28. The number of thioether (sulfide) groups is 1. The van der Waals surface area contributed by atoms with Crippen LogP contribution in [0.15, 0.2) is 23.4 Å². The molecule has 1 aliphatic carbocycles. The molecule has 1 aliphatic rings. The second kappa shape index (κ2) is 6.23. The number of alkyl halides is 3. The van der Waals surface area contributed by atoms with Gasteiger partial charge in [0.2, 0.25) is 5.91 Å². The molecule has 1 aromatic rings. The number of hydrogen-bond donors (Lipinski definition) is 2. The molecule has 0 spiro atoms. The van der Waals surface area contributed by atoms with Gasteiger partial charge in [-0.15, -0.1) is 0 Å². The third-order valence-corrected chi connectivity index (χ3v) is 4.31. The molecule has 1 fully saturated rings. The summed E-state index contributed by atoms with van der Waals surface area (Å²) >= 11 is 1.07. The van der Waals surface area contributed by atoms with Crippen molar-refractivity contribution in [1.29, 1.82) is 0 Å². The molecule has 8 heteroatoms. The van der Waals surface area contributed by atoms with Crippen molar-refractivity contribution in [3.8, 4) is 0 Å². The molecule has 116 valence electrons. The van der Waals surface area contributed by atoms with Crippen molar-refractivity contribution in [2.45, 2.75) is 24.0 Å². The zero-order chi connectivity index (χ0) is 15.5. The van der Waals surface area contributed by atoms with Gasteiger partial charge in [-0.2, -0.15) is 13.2 Å². The van der Waals surface area contributed by atoms with Gasteiger partial charge in [-0.05, 0) is 25.0 Å². The lowest BCUT2D eigenvalue weighted by molar-refractivity contribution is -0.137. The quantitative estimate of drug-likeness (QED) is 0.788. The van der Waals surface area contributed by atoms with Crippen LogP contribution in [0.1, 0.15) is 18.4 Å². The van der Waals surface area contributed by atoms with E-state index < -0.39 is 11.7 Å². The number of nitrogens with zero attached hydrogens (tertiary/aromatic N) is 1. The molecule has 1 aromatic heterocycles. The third kappa shape index (κ3) is 4.60. The SMILES string of the molecule is O=C(CSc1ccc(C(F)(F)F)cn1)NCC1(CO)CC1. The molecule has 0 unspecified atom stereocenters. The van der Waals surface area contributed by atoms with Gasteiger partial charge in [0.25, 0.3) is 0 Å². The van der Waals surface area contributed by atoms with Gasteiger partial charge in [0, 0.05) is 18.2 Å². The molecule has 1 saturated carbocycles. The van der Waals surface area contributed by atoms with Crippen molar-refractivity contribution in [1.82, 2.24) is 10.3 Å². The number of hydrogen-bond acceptors (Lipinski definition) is 4. The summed E-state index contributed by atoms with van der Waals surface area (Å²) in [5.74, 6) is -0.138. The smallest absolute Gasteiger partial charge is 0.396 e. The summed E-state index contributed by atoms with van der Waals surface area (Å²) in [4.78, 5) is 15.3. The molecule has 2 N–H and O–H groups in total. The lowest BCUT2D eigenvalue weighted by atomic mass is 10.1. The van der Waals surface area contributed by atoms with Crippen molar-refractivity contribution in [3.63, 3.8) is 0 Å². The fraction of sp³-hybridized carbons (Fsp3) is 0.538. The second-order valence-electron chi connectivity index (χ2n) is 5.11. The van der Waals surface area contributed by atoms with Gasteiger partial charge in [-0.1, -0.05) is 11.8 Å². The van der Waals surface area contributed by atoms with Crippen LogP contribution in [-0.2, 0) is 11.0 Å². The van der Waals surface area contributed by atoms with Crippen molar-refractivity contribution in [2.24, 2.45) is 5.41 Å².